The summed E-state index contributed by atoms with van der Waals surface area (Å²) in [6, 6.07) is 0. The van der Waals surface area contributed by atoms with E-state index in [4.69, 9.17) is 18.5 Å². The maximum atomic E-state index is 12.9. The van der Waals surface area contributed by atoms with Gasteiger partial charge in [0, 0.05) is 12.8 Å². The van der Waals surface area contributed by atoms with E-state index in [0.29, 0.717) is 17.4 Å². The second-order valence-corrected chi connectivity index (χ2v) is 33.4. The fraction of sp³-hybridized carbons (Fsp3) is 0.911. The van der Waals surface area contributed by atoms with Crippen LogP contribution in [0.5, 0.6) is 0 Å². The van der Waals surface area contributed by atoms with Crippen molar-refractivity contribution in [3.05, 3.63) is 36.5 Å². The first-order valence-electron chi connectivity index (χ1n) is 44.7. The van der Waals surface area contributed by atoms with Gasteiger partial charge in [0.25, 0.3) is 0 Å². The molecular formula is C90H175NO8P+. The van der Waals surface area contributed by atoms with Crippen molar-refractivity contribution < 1.29 is 42.1 Å². The summed E-state index contributed by atoms with van der Waals surface area (Å²) in [5.74, 6) is -0.767. The Bertz CT molecular complexity index is 1780. The van der Waals surface area contributed by atoms with Gasteiger partial charge in [-0.1, -0.05) is 429 Å². The summed E-state index contributed by atoms with van der Waals surface area (Å²) in [6.45, 7) is 4.51. The number of carbonyl (C=O) groups excluding carboxylic acids is 2. The second-order valence-electron chi connectivity index (χ2n) is 32.0. The average molecular weight is 1430 g/mol. The lowest BCUT2D eigenvalue weighted by Gasteiger charge is -2.24. The number of ether oxygens (including phenoxy) is 2. The van der Waals surface area contributed by atoms with E-state index in [9.17, 15) is 19.0 Å². The summed E-state index contributed by atoms with van der Waals surface area (Å²) in [6.07, 6.45) is 108. The minimum absolute atomic E-state index is 0.0358. The maximum Gasteiger partial charge on any atom is 0.472 e. The van der Waals surface area contributed by atoms with E-state index >= 15 is 0 Å². The number of phosphoric ester groups is 1. The van der Waals surface area contributed by atoms with Gasteiger partial charge in [-0.15, -0.1) is 0 Å². The van der Waals surface area contributed by atoms with Gasteiger partial charge >= 0.3 is 19.8 Å². The molecule has 592 valence electrons. The first-order valence-corrected chi connectivity index (χ1v) is 46.2. The van der Waals surface area contributed by atoms with Gasteiger partial charge in [-0.05, 0) is 70.6 Å². The first-order chi connectivity index (χ1) is 49.0. The molecular weight excluding hydrogens is 1250 g/mol. The number of esters is 2. The molecule has 0 saturated carbocycles. The van der Waals surface area contributed by atoms with Crippen molar-refractivity contribution in [2.45, 2.75) is 482 Å². The summed E-state index contributed by atoms with van der Waals surface area (Å²) in [5, 5.41) is 0. The number of quaternary nitrogens is 1. The molecule has 0 aromatic heterocycles. The largest absolute Gasteiger partial charge is 0.472 e. The van der Waals surface area contributed by atoms with Crippen LogP contribution < -0.4 is 0 Å². The molecule has 0 saturated heterocycles. The SMILES string of the molecule is CCCCCCC/C=C\C/C=C\CCCCCCCCCCCCCCCCCCCCCCCCCC(=O)OC(COC(=O)CCCCCCCCCCCCCCCCCCCCCCCCCCCCCCC/C=C\CCCCCCCCCC)COP(=O)(O)OCC[N+](C)(C)C. The molecule has 0 radical (unpaired) electrons. The summed E-state index contributed by atoms with van der Waals surface area (Å²) >= 11 is 0. The molecule has 2 unspecified atom stereocenters. The highest BCUT2D eigenvalue weighted by Gasteiger charge is 2.27. The summed E-state index contributed by atoms with van der Waals surface area (Å²) in [4.78, 5) is 36.1. The fourth-order valence-corrected chi connectivity index (χ4v) is 14.6. The van der Waals surface area contributed by atoms with E-state index in [2.05, 4.69) is 50.3 Å². The molecule has 2 atom stereocenters. The minimum Gasteiger partial charge on any atom is -0.462 e. The number of hydrogen-bond donors (Lipinski definition) is 1. The lowest BCUT2D eigenvalue weighted by Crippen LogP contribution is -2.37. The van der Waals surface area contributed by atoms with Crippen molar-refractivity contribution >= 4 is 19.8 Å². The molecule has 0 aromatic carbocycles. The third kappa shape index (κ3) is 85.2. The molecule has 0 aliphatic heterocycles. The van der Waals surface area contributed by atoms with Gasteiger partial charge in [0.15, 0.2) is 6.10 Å². The molecule has 0 aromatic rings. The smallest absolute Gasteiger partial charge is 0.462 e. The minimum atomic E-state index is -4.39. The number of unbranched alkanes of at least 4 members (excludes halogenated alkanes) is 65. The van der Waals surface area contributed by atoms with Crippen LogP contribution >= 0.6 is 7.82 Å². The fourth-order valence-electron chi connectivity index (χ4n) is 13.8. The Labute approximate surface area is 624 Å². The van der Waals surface area contributed by atoms with Crippen LogP contribution in [0, 0.1) is 0 Å². The predicted octanol–water partition coefficient (Wildman–Crippen LogP) is 30.1. The highest BCUT2D eigenvalue weighted by molar-refractivity contribution is 7.47. The number of allylic oxidation sites excluding steroid dienone is 6. The molecule has 0 spiro atoms. The number of hydrogen-bond acceptors (Lipinski definition) is 7. The second kappa shape index (κ2) is 81.3. The third-order valence-corrected chi connectivity index (χ3v) is 21.6. The lowest BCUT2D eigenvalue weighted by molar-refractivity contribution is -0.870. The number of carbonyl (C=O) groups is 2. The number of rotatable bonds is 85. The third-order valence-electron chi connectivity index (χ3n) is 20.6. The number of phosphoric acid groups is 1. The van der Waals surface area contributed by atoms with Crippen LogP contribution in [0.4, 0.5) is 0 Å². The van der Waals surface area contributed by atoms with Crippen molar-refractivity contribution in [1.82, 2.24) is 0 Å². The Hall–Kier alpha value is -1.77. The molecule has 0 fully saturated rings. The number of nitrogens with zero attached hydrogens (tertiary/aromatic N) is 1. The van der Waals surface area contributed by atoms with Gasteiger partial charge in [0.2, 0.25) is 0 Å². The van der Waals surface area contributed by atoms with Crippen LogP contribution in [0.15, 0.2) is 36.5 Å². The zero-order valence-corrected chi connectivity index (χ0v) is 68.9. The van der Waals surface area contributed by atoms with E-state index in [1.807, 2.05) is 21.1 Å². The van der Waals surface area contributed by atoms with E-state index in [1.165, 1.54) is 405 Å². The molecule has 0 aliphatic rings. The van der Waals surface area contributed by atoms with Crippen LogP contribution in [0.1, 0.15) is 476 Å². The van der Waals surface area contributed by atoms with Gasteiger partial charge in [-0.2, -0.15) is 0 Å². The molecule has 100 heavy (non-hydrogen) atoms. The van der Waals surface area contributed by atoms with E-state index in [0.717, 1.165) is 44.9 Å². The van der Waals surface area contributed by atoms with Gasteiger partial charge in [-0.25, -0.2) is 4.57 Å². The Kier molecular flexibility index (Phi) is 79.9. The van der Waals surface area contributed by atoms with Crippen molar-refractivity contribution in [2.24, 2.45) is 0 Å². The van der Waals surface area contributed by atoms with Crippen molar-refractivity contribution in [3.63, 3.8) is 0 Å². The lowest BCUT2D eigenvalue weighted by atomic mass is 10.0. The van der Waals surface area contributed by atoms with Crippen molar-refractivity contribution in [2.75, 3.05) is 47.5 Å². The Morgan fingerprint density at radius 2 is 0.540 bits per heavy atom. The van der Waals surface area contributed by atoms with E-state index < -0.39 is 26.5 Å². The van der Waals surface area contributed by atoms with Gasteiger partial charge in [-0.3, -0.25) is 18.6 Å². The van der Waals surface area contributed by atoms with Crippen LogP contribution in [0.25, 0.3) is 0 Å². The van der Waals surface area contributed by atoms with Crippen molar-refractivity contribution in [1.29, 1.82) is 0 Å². The normalized spacial score (nSPS) is 13.1. The molecule has 10 heteroatoms. The zero-order chi connectivity index (χ0) is 72.5. The van der Waals surface area contributed by atoms with Crippen molar-refractivity contribution in [3.8, 4) is 0 Å². The van der Waals surface area contributed by atoms with Crippen LogP contribution in [0.3, 0.4) is 0 Å². The Balaban J connectivity index is 3.83. The van der Waals surface area contributed by atoms with E-state index in [-0.39, 0.29) is 25.6 Å². The summed E-state index contributed by atoms with van der Waals surface area (Å²) < 4.78 is 34.9. The van der Waals surface area contributed by atoms with Gasteiger partial charge in [0.05, 0.1) is 27.7 Å². The van der Waals surface area contributed by atoms with Crippen LogP contribution in [0.2, 0.25) is 0 Å². The molecule has 0 aliphatic carbocycles. The zero-order valence-electron chi connectivity index (χ0n) is 68.0. The standard InChI is InChI=1S/C90H174NO8P/c1-6-8-10-12-14-16-18-20-22-24-26-28-30-32-34-36-38-40-42-43-44-45-46-47-49-50-52-54-56-58-60-62-64-66-68-70-72-74-76-78-80-82-89(92)96-86-88(87-98-100(94,95)97-85-84-91(3,4)5)99-90(93)83-81-79-77-75-73-71-69-67-65-63-61-59-57-55-53-51-48-41-39-37-35-33-31-29-27-25-23-21-19-17-15-13-11-9-7-2/h19,21,24-27,88H,6-18,20,22-23,28-87H2,1-5H3/p+1/b21-19-,26-24-,27-25-. The topological polar surface area (TPSA) is 108 Å². The summed E-state index contributed by atoms with van der Waals surface area (Å²) in [7, 11) is 1.51. The Morgan fingerprint density at radius 1 is 0.310 bits per heavy atom. The first kappa shape index (κ1) is 98.2. The van der Waals surface area contributed by atoms with Gasteiger partial charge < -0.3 is 18.9 Å². The highest BCUT2D eigenvalue weighted by Crippen LogP contribution is 2.43. The average Bonchev–Trinajstić information content (AvgIpc) is 1.65. The quantitative estimate of drug-likeness (QED) is 0.0211. The molecule has 0 rings (SSSR count). The molecule has 9 nitrogen and oxygen atoms in total. The van der Waals surface area contributed by atoms with Crippen LogP contribution in [-0.4, -0.2) is 74.9 Å². The molecule has 1 N–H and O–H groups in total. The van der Waals surface area contributed by atoms with Crippen LogP contribution in [-0.2, 0) is 32.7 Å². The molecule has 0 heterocycles. The highest BCUT2D eigenvalue weighted by atomic mass is 31.2. The predicted molar refractivity (Wildman–Crippen MR) is 437 cm³/mol. The number of likely N-dealkylation sites (N-methyl/N-ethyl adjacent to an activating group) is 1. The maximum absolute atomic E-state index is 12.9. The summed E-state index contributed by atoms with van der Waals surface area (Å²) in [5.41, 5.74) is 0. The van der Waals surface area contributed by atoms with E-state index in [1.54, 1.807) is 0 Å². The Morgan fingerprint density at radius 3 is 0.800 bits per heavy atom. The van der Waals surface area contributed by atoms with Gasteiger partial charge in [0.1, 0.15) is 19.8 Å². The monoisotopic (exact) mass is 1430 g/mol. The molecule has 0 bridgehead atoms. The molecule has 0 amide bonds.